The standard InChI is InChI=1S/C21H26N2O3S/c1-4-16-6-8-17(9-7-16)20-14-22-11-12-23(20)21(24)19-13-18(27(3,25)26)10-5-15(19)2/h5-10,13,20,22H,4,11-12,14H2,1-3H3. The number of carbonyl (C=O) groups excluding carboxylic acids is 1. The average Bonchev–Trinajstić information content (AvgIpc) is 2.67. The van der Waals surface area contributed by atoms with Crippen LogP contribution in [0.3, 0.4) is 0 Å². The SMILES string of the molecule is CCc1ccc(C2CNCCN2C(=O)c2cc(S(C)(=O)=O)ccc2C)cc1. The van der Waals surface area contributed by atoms with Crippen molar-refractivity contribution in [1.82, 2.24) is 10.2 Å². The first-order valence-electron chi connectivity index (χ1n) is 9.22. The first-order chi connectivity index (χ1) is 12.8. The van der Waals surface area contributed by atoms with E-state index in [4.69, 9.17) is 0 Å². The number of amides is 1. The molecule has 27 heavy (non-hydrogen) atoms. The number of aryl methyl sites for hydroxylation is 2. The summed E-state index contributed by atoms with van der Waals surface area (Å²) in [6.07, 6.45) is 2.14. The molecule has 0 saturated carbocycles. The van der Waals surface area contributed by atoms with Crippen molar-refractivity contribution in [1.29, 1.82) is 0 Å². The monoisotopic (exact) mass is 386 g/mol. The third-order valence-electron chi connectivity index (χ3n) is 5.14. The van der Waals surface area contributed by atoms with Crippen LogP contribution in [0.2, 0.25) is 0 Å². The average molecular weight is 387 g/mol. The lowest BCUT2D eigenvalue weighted by atomic mass is 9.99. The summed E-state index contributed by atoms with van der Waals surface area (Å²) < 4.78 is 23.8. The minimum Gasteiger partial charge on any atom is -0.329 e. The molecule has 0 spiro atoms. The highest BCUT2D eigenvalue weighted by Gasteiger charge is 2.29. The van der Waals surface area contributed by atoms with E-state index in [1.165, 1.54) is 11.6 Å². The van der Waals surface area contributed by atoms with E-state index >= 15 is 0 Å². The number of hydrogen-bond donors (Lipinski definition) is 1. The van der Waals surface area contributed by atoms with Gasteiger partial charge in [-0.2, -0.15) is 0 Å². The Hall–Kier alpha value is -2.18. The number of benzene rings is 2. The fourth-order valence-electron chi connectivity index (χ4n) is 3.44. The smallest absolute Gasteiger partial charge is 0.254 e. The summed E-state index contributed by atoms with van der Waals surface area (Å²) in [5.74, 6) is -0.121. The summed E-state index contributed by atoms with van der Waals surface area (Å²) >= 11 is 0. The Labute approximate surface area is 161 Å². The molecule has 1 fully saturated rings. The summed E-state index contributed by atoms with van der Waals surface area (Å²) in [7, 11) is -3.36. The lowest BCUT2D eigenvalue weighted by Gasteiger charge is -2.37. The van der Waals surface area contributed by atoms with E-state index in [0.29, 0.717) is 18.7 Å². The van der Waals surface area contributed by atoms with Crippen LogP contribution >= 0.6 is 0 Å². The number of sulfone groups is 1. The molecule has 0 aromatic heterocycles. The molecular formula is C21H26N2O3S. The summed E-state index contributed by atoms with van der Waals surface area (Å²) in [4.78, 5) is 15.3. The zero-order valence-corrected chi connectivity index (χ0v) is 16.8. The van der Waals surface area contributed by atoms with E-state index in [0.717, 1.165) is 30.3 Å². The van der Waals surface area contributed by atoms with Gasteiger partial charge in [-0.3, -0.25) is 4.79 Å². The Balaban J connectivity index is 1.96. The molecule has 1 aliphatic rings. The first kappa shape index (κ1) is 19.6. The highest BCUT2D eigenvalue weighted by atomic mass is 32.2. The Kier molecular flexibility index (Phi) is 5.67. The number of rotatable bonds is 4. The van der Waals surface area contributed by atoms with Crippen LogP contribution in [0.4, 0.5) is 0 Å². The van der Waals surface area contributed by atoms with Gasteiger partial charge in [-0.1, -0.05) is 37.3 Å². The lowest BCUT2D eigenvalue weighted by Crippen LogP contribution is -2.48. The normalized spacial score (nSPS) is 17.7. The van der Waals surface area contributed by atoms with Gasteiger partial charge in [0, 0.05) is 31.5 Å². The van der Waals surface area contributed by atoms with Gasteiger partial charge in [0.2, 0.25) is 0 Å². The van der Waals surface area contributed by atoms with Gasteiger partial charge in [-0.25, -0.2) is 8.42 Å². The molecule has 2 aromatic carbocycles. The first-order valence-corrected chi connectivity index (χ1v) is 11.1. The van der Waals surface area contributed by atoms with Crippen molar-refractivity contribution in [2.75, 3.05) is 25.9 Å². The van der Waals surface area contributed by atoms with E-state index < -0.39 is 9.84 Å². The molecule has 0 radical (unpaired) electrons. The Morgan fingerprint density at radius 1 is 1.19 bits per heavy atom. The summed E-state index contributed by atoms with van der Waals surface area (Å²) in [5, 5.41) is 3.36. The largest absolute Gasteiger partial charge is 0.329 e. The molecule has 1 amide bonds. The van der Waals surface area contributed by atoms with Gasteiger partial charge in [0.25, 0.3) is 5.91 Å². The maximum atomic E-state index is 13.3. The van der Waals surface area contributed by atoms with E-state index in [2.05, 4.69) is 36.5 Å². The number of nitrogens with one attached hydrogen (secondary N) is 1. The quantitative estimate of drug-likeness (QED) is 0.877. The van der Waals surface area contributed by atoms with Crippen molar-refractivity contribution in [2.24, 2.45) is 0 Å². The van der Waals surface area contributed by atoms with Crippen molar-refractivity contribution in [2.45, 2.75) is 31.2 Å². The van der Waals surface area contributed by atoms with Crippen molar-refractivity contribution in [3.63, 3.8) is 0 Å². The van der Waals surface area contributed by atoms with Gasteiger partial charge >= 0.3 is 0 Å². The molecule has 6 heteroatoms. The van der Waals surface area contributed by atoms with Crippen LogP contribution in [-0.2, 0) is 16.3 Å². The van der Waals surface area contributed by atoms with Gasteiger partial charge < -0.3 is 10.2 Å². The van der Waals surface area contributed by atoms with Crippen LogP contribution in [0.15, 0.2) is 47.4 Å². The Morgan fingerprint density at radius 2 is 1.89 bits per heavy atom. The molecule has 5 nitrogen and oxygen atoms in total. The van der Waals surface area contributed by atoms with E-state index in [1.807, 2.05) is 11.8 Å². The van der Waals surface area contributed by atoms with Crippen LogP contribution in [0.1, 0.15) is 40.0 Å². The molecular weight excluding hydrogens is 360 g/mol. The van der Waals surface area contributed by atoms with Crippen molar-refractivity contribution >= 4 is 15.7 Å². The van der Waals surface area contributed by atoms with Gasteiger partial charge in [0.05, 0.1) is 10.9 Å². The van der Waals surface area contributed by atoms with E-state index in [9.17, 15) is 13.2 Å². The second-order valence-corrected chi connectivity index (χ2v) is 9.08. The molecule has 1 saturated heterocycles. The highest BCUT2D eigenvalue weighted by Crippen LogP contribution is 2.26. The predicted octanol–water partition coefficient (Wildman–Crippen LogP) is 2.75. The zero-order valence-electron chi connectivity index (χ0n) is 16.0. The number of carbonyl (C=O) groups is 1. The second-order valence-electron chi connectivity index (χ2n) is 7.06. The predicted molar refractivity (Wildman–Crippen MR) is 107 cm³/mol. The Bertz CT molecular complexity index is 936. The minimum absolute atomic E-state index is 0.0709. The highest BCUT2D eigenvalue weighted by molar-refractivity contribution is 7.90. The second kappa shape index (κ2) is 7.82. The number of nitrogens with zero attached hydrogens (tertiary/aromatic N) is 1. The van der Waals surface area contributed by atoms with Crippen molar-refractivity contribution in [3.05, 3.63) is 64.7 Å². The van der Waals surface area contributed by atoms with E-state index in [-0.39, 0.29) is 16.8 Å². The zero-order chi connectivity index (χ0) is 19.6. The van der Waals surface area contributed by atoms with E-state index in [1.54, 1.807) is 12.1 Å². The maximum absolute atomic E-state index is 13.3. The summed E-state index contributed by atoms with van der Waals surface area (Å²) in [6, 6.07) is 13.1. The summed E-state index contributed by atoms with van der Waals surface area (Å²) in [5.41, 5.74) is 3.59. The van der Waals surface area contributed by atoms with Gasteiger partial charge in [0.1, 0.15) is 0 Å². The molecule has 2 aromatic rings. The molecule has 1 heterocycles. The van der Waals surface area contributed by atoms with Gasteiger partial charge in [-0.15, -0.1) is 0 Å². The van der Waals surface area contributed by atoms with Crippen molar-refractivity contribution < 1.29 is 13.2 Å². The third kappa shape index (κ3) is 4.22. The molecule has 1 aliphatic heterocycles. The topological polar surface area (TPSA) is 66.5 Å². The Morgan fingerprint density at radius 3 is 2.52 bits per heavy atom. The van der Waals surface area contributed by atoms with Crippen molar-refractivity contribution in [3.8, 4) is 0 Å². The molecule has 144 valence electrons. The molecule has 1 N–H and O–H groups in total. The lowest BCUT2D eigenvalue weighted by molar-refractivity contribution is 0.0633. The molecule has 1 unspecified atom stereocenters. The molecule has 3 rings (SSSR count). The van der Waals surface area contributed by atoms with Crippen LogP contribution in [-0.4, -0.2) is 45.1 Å². The van der Waals surface area contributed by atoms with Crippen LogP contribution < -0.4 is 5.32 Å². The fourth-order valence-corrected chi connectivity index (χ4v) is 4.08. The minimum atomic E-state index is -3.36. The summed E-state index contributed by atoms with van der Waals surface area (Å²) in [6.45, 7) is 5.95. The molecule has 1 atom stereocenters. The number of hydrogen-bond acceptors (Lipinski definition) is 4. The van der Waals surface area contributed by atoms with Gasteiger partial charge in [-0.05, 0) is 42.2 Å². The van der Waals surface area contributed by atoms with Crippen LogP contribution in [0.25, 0.3) is 0 Å². The van der Waals surface area contributed by atoms with Crippen LogP contribution in [0, 0.1) is 6.92 Å². The number of piperazine rings is 1. The molecule has 0 aliphatic carbocycles. The van der Waals surface area contributed by atoms with Gasteiger partial charge in [0.15, 0.2) is 9.84 Å². The van der Waals surface area contributed by atoms with Crippen LogP contribution in [0.5, 0.6) is 0 Å². The fraction of sp³-hybridized carbons (Fsp3) is 0.381. The third-order valence-corrected chi connectivity index (χ3v) is 6.25. The maximum Gasteiger partial charge on any atom is 0.254 e. The molecule has 0 bridgehead atoms.